The van der Waals surface area contributed by atoms with Crippen molar-refractivity contribution in [3.05, 3.63) is 51.8 Å². The minimum Gasteiger partial charge on any atom is -0.356 e. The third-order valence-electron chi connectivity index (χ3n) is 3.60. The average Bonchev–Trinajstić information content (AvgIpc) is 3.13. The summed E-state index contributed by atoms with van der Waals surface area (Å²) in [4.78, 5) is 1.16. The molecule has 0 aliphatic carbocycles. The molecule has 0 spiro atoms. The van der Waals surface area contributed by atoms with E-state index in [4.69, 9.17) is 4.52 Å². The Kier molecular flexibility index (Phi) is 4.57. The number of aryl methyl sites for hydroxylation is 2. The number of thiophene rings is 1. The highest BCUT2D eigenvalue weighted by atomic mass is 32.2. The van der Waals surface area contributed by atoms with Crippen molar-refractivity contribution in [2.45, 2.75) is 24.9 Å². The third kappa shape index (κ3) is 3.47. The van der Waals surface area contributed by atoms with Gasteiger partial charge in [-0.2, -0.15) is 13.2 Å². The average molecular weight is 402 g/mol. The van der Waals surface area contributed by atoms with Gasteiger partial charge in [-0.05, 0) is 32.0 Å². The summed E-state index contributed by atoms with van der Waals surface area (Å²) in [5.74, 6) is 0.274. The minimum absolute atomic E-state index is 0.0332. The molecule has 2 aromatic heterocycles. The Morgan fingerprint density at radius 2 is 1.88 bits per heavy atom. The van der Waals surface area contributed by atoms with Crippen molar-refractivity contribution in [1.82, 2.24) is 5.16 Å². The zero-order valence-electron chi connectivity index (χ0n) is 13.6. The van der Waals surface area contributed by atoms with Gasteiger partial charge < -0.3 is 4.52 Å². The zero-order valence-corrected chi connectivity index (χ0v) is 15.2. The predicted molar refractivity (Wildman–Crippen MR) is 91.5 cm³/mol. The number of benzene rings is 1. The summed E-state index contributed by atoms with van der Waals surface area (Å²) in [6.45, 7) is 3.36. The van der Waals surface area contributed by atoms with E-state index < -0.39 is 21.8 Å². The summed E-state index contributed by atoms with van der Waals surface area (Å²) in [5.41, 5.74) is -0.762. The van der Waals surface area contributed by atoms with Crippen LogP contribution in [0.4, 0.5) is 18.9 Å². The van der Waals surface area contributed by atoms with E-state index in [0.717, 1.165) is 18.2 Å². The largest absolute Gasteiger partial charge is 0.416 e. The highest BCUT2D eigenvalue weighted by Crippen LogP contribution is 2.40. The molecule has 1 N–H and O–H groups in total. The number of sulfonamides is 1. The fraction of sp³-hybridized carbons (Fsp3) is 0.188. The highest BCUT2D eigenvalue weighted by Gasteiger charge is 2.32. The van der Waals surface area contributed by atoms with E-state index in [1.165, 1.54) is 29.7 Å². The molecule has 5 nitrogen and oxygen atoms in total. The first-order valence-electron chi connectivity index (χ1n) is 7.31. The van der Waals surface area contributed by atoms with Crippen molar-refractivity contribution in [3.8, 4) is 11.3 Å². The van der Waals surface area contributed by atoms with Gasteiger partial charge in [0.1, 0.15) is 4.90 Å². The van der Waals surface area contributed by atoms with Crippen LogP contribution in [0.3, 0.4) is 0 Å². The van der Waals surface area contributed by atoms with Crippen LogP contribution in [0.1, 0.15) is 15.3 Å². The molecular formula is C16H13F3N2O3S2. The Balaban J connectivity index is 2.06. The summed E-state index contributed by atoms with van der Waals surface area (Å²) in [6.07, 6.45) is -3.18. The standard InChI is InChI=1S/C16H13F3N2O3S2/c1-9-14(13-6-7-20-24-13)15(10(2)25-9)26(22,23)21-12-5-3-4-11(8-12)16(17,18)19/h3-8,21H,1-2H3. The molecule has 0 unspecified atom stereocenters. The second kappa shape index (κ2) is 6.44. The lowest BCUT2D eigenvalue weighted by atomic mass is 10.2. The lowest BCUT2D eigenvalue weighted by molar-refractivity contribution is -0.137. The first-order chi connectivity index (χ1) is 12.1. The van der Waals surface area contributed by atoms with Gasteiger partial charge in [0, 0.05) is 21.5 Å². The zero-order chi connectivity index (χ0) is 19.1. The van der Waals surface area contributed by atoms with Crippen molar-refractivity contribution in [3.63, 3.8) is 0 Å². The molecule has 0 saturated heterocycles. The topological polar surface area (TPSA) is 72.2 Å². The summed E-state index contributed by atoms with van der Waals surface area (Å²) in [5, 5.41) is 3.58. The number of rotatable bonds is 4. The van der Waals surface area contributed by atoms with E-state index in [1.54, 1.807) is 13.8 Å². The smallest absolute Gasteiger partial charge is 0.356 e. The molecule has 1 aromatic carbocycles. The Labute approximate surface area is 151 Å². The SMILES string of the molecule is Cc1sc(C)c(S(=O)(=O)Nc2cccc(C(F)(F)F)c2)c1-c1ccno1. The lowest BCUT2D eigenvalue weighted by Gasteiger charge is -2.12. The number of hydrogen-bond acceptors (Lipinski definition) is 5. The van der Waals surface area contributed by atoms with Crippen LogP contribution in [0.2, 0.25) is 0 Å². The number of halogens is 3. The van der Waals surface area contributed by atoms with Gasteiger partial charge >= 0.3 is 6.18 Å². The van der Waals surface area contributed by atoms with Gasteiger partial charge in [-0.15, -0.1) is 11.3 Å². The van der Waals surface area contributed by atoms with E-state index in [2.05, 4.69) is 9.88 Å². The number of anilines is 1. The van der Waals surface area contributed by atoms with Gasteiger partial charge in [-0.3, -0.25) is 4.72 Å². The van der Waals surface area contributed by atoms with Crippen LogP contribution in [0.5, 0.6) is 0 Å². The number of nitrogens with one attached hydrogen (secondary N) is 1. The third-order valence-corrected chi connectivity index (χ3v) is 6.30. The molecule has 0 amide bonds. The van der Waals surface area contributed by atoms with Gasteiger partial charge in [0.25, 0.3) is 10.0 Å². The number of aromatic nitrogens is 1. The number of hydrogen-bond donors (Lipinski definition) is 1. The molecule has 0 bridgehead atoms. The monoisotopic (exact) mass is 402 g/mol. The molecule has 0 atom stereocenters. The maximum Gasteiger partial charge on any atom is 0.416 e. The van der Waals surface area contributed by atoms with Crippen molar-refractivity contribution in [2.75, 3.05) is 4.72 Å². The molecule has 0 fully saturated rings. The predicted octanol–water partition coefficient (Wildman–Crippen LogP) is 4.84. The van der Waals surface area contributed by atoms with Crippen LogP contribution in [0.15, 0.2) is 45.9 Å². The molecule has 138 valence electrons. The highest BCUT2D eigenvalue weighted by molar-refractivity contribution is 7.93. The van der Waals surface area contributed by atoms with Gasteiger partial charge in [0.05, 0.1) is 17.3 Å². The molecule has 0 radical (unpaired) electrons. The maximum atomic E-state index is 12.9. The molecule has 2 heterocycles. The molecule has 3 aromatic rings. The van der Waals surface area contributed by atoms with Gasteiger partial charge in [0.15, 0.2) is 5.76 Å². The fourth-order valence-electron chi connectivity index (χ4n) is 2.58. The summed E-state index contributed by atoms with van der Waals surface area (Å²) >= 11 is 1.25. The quantitative estimate of drug-likeness (QED) is 0.678. The fourth-order valence-corrected chi connectivity index (χ4v) is 5.50. The number of nitrogens with zero attached hydrogens (tertiary/aromatic N) is 1. The Morgan fingerprint density at radius 1 is 1.15 bits per heavy atom. The van der Waals surface area contributed by atoms with E-state index in [0.29, 0.717) is 15.3 Å². The van der Waals surface area contributed by atoms with Gasteiger partial charge in [0.2, 0.25) is 0 Å². The summed E-state index contributed by atoms with van der Waals surface area (Å²) in [6, 6.07) is 5.55. The van der Waals surface area contributed by atoms with Crippen molar-refractivity contribution < 1.29 is 26.1 Å². The van der Waals surface area contributed by atoms with Crippen LogP contribution in [-0.2, 0) is 16.2 Å². The van der Waals surface area contributed by atoms with Crippen molar-refractivity contribution in [2.24, 2.45) is 0 Å². The molecule has 3 rings (SSSR count). The Morgan fingerprint density at radius 3 is 2.50 bits per heavy atom. The second-order valence-corrected chi connectivity index (χ2v) is 8.53. The van der Waals surface area contributed by atoms with E-state index >= 15 is 0 Å². The molecule has 0 aliphatic rings. The van der Waals surface area contributed by atoms with Crippen LogP contribution >= 0.6 is 11.3 Å². The molecular weight excluding hydrogens is 389 g/mol. The first-order valence-corrected chi connectivity index (χ1v) is 9.60. The minimum atomic E-state index is -4.57. The first kappa shape index (κ1) is 18.5. The lowest BCUT2D eigenvalue weighted by Crippen LogP contribution is -2.15. The molecule has 0 aliphatic heterocycles. The van der Waals surface area contributed by atoms with Crippen LogP contribution in [0, 0.1) is 13.8 Å². The molecule has 0 saturated carbocycles. The second-order valence-electron chi connectivity index (χ2n) is 5.48. The summed E-state index contributed by atoms with van der Waals surface area (Å²) in [7, 11) is -4.14. The van der Waals surface area contributed by atoms with Crippen LogP contribution < -0.4 is 4.72 Å². The number of alkyl halides is 3. The van der Waals surface area contributed by atoms with Crippen LogP contribution in [-0.4, -0.2) is 13.6 Å². The van der Waals surface area contributed by atoms with Crippen LogP contribution in [0.25, 0.3) is 11.3 Å². The van der Waals surface area contributed by atoms with Crippen molar-refractivity contribution in [1.29, 1.82) is 0 Å². The van der Waals surface area contributed by atoms with Gasteiger partial charge in [-0.1, -0.05) is 11.2 Å². The molecule has 10 heteroatoms. The Bertz CT molecular complexity index is 1040. The normalized spacial score (nSPS) is 12.3. The molecule has 26 heavy (non-hydrogen) atoms. The van der Waals surface area contributed by atoms with Gasteiger partial charge in [-0.25, -0.2) is 8.42 Å². The van der Waals surface area contributed by atoms with Crippen molar-refractivity contribution >= 4 is 27.0 Å². The van der Waals surface area contributed by atoms with E-state index in [-0.39, 0.29) is 16.3 Å². The van der Waals surface area contributed by atoms with E-state index in [9.17, 15) is 21.6 Å². The maximum absolute atomic E-state index is 12.9. The van der Waals surface area contributed by atoms with E-state index in [1.807, 2.05) is 0 Å². The Hall–Kier alpha value is -2.33. The summed E-state index contributed by atoms with van der Waals surface area (Å²) < 4.78 is 71.6.